The van der Waals surface area contributed by atoms with Crippen molar-refractivity contribution in [2.45, 2.75) is 19.4 Å². The van der Waals surface area contributed by atoms with Crippen LogP contribution in [0.3, 0.4) is 0 Å². The molecule has 100 valence electrons. The van der Waals surface area contributed by atoms with Gasteiger partial charge in [-0.3, -0.25) is 4.79 Å². The van der Waals surface area contributed by atoms with E-state index in [0.717, 1.165) is 4.70 Å². The van der Waals surface area contributed by atoms with E-state index in [1.807, 2.05) is 0 Å². The number of rotatable bonds is 4. The Morgan fingerprint density at radius 3 is 2.79 bits per heavy atom. The van der Waals surface area contributed by atoms with Gasteiger partial charge in [-0.25, -0.2) is 9.18 Å². The number of hydrogen-bond acceptors (Lipinski definition) is 3. The molecule has 1 heterocycles. The normalized spacial score (nSPS) is 12.3. The number of amides is 1. The van der Waals surface area contributed by atoms with Gasteiger partial charge >= 0.3 is 5.97 Å². The maximum atomic E-state index is 13.0. The molecule has 19 heavy (non-hydrogen) atoms. The minimum absolute atomic E-state index is 0.306. The number of benzene rings is 1. The molecular formula is C13H12FNO3S. The van der Waals surface area contributed by atoms with Gasteiger partial charge in [0.25, 0.3) is 5.91 Å². The molecule has 0 fully saturated rings. The lowest BCUT2D eigenvalue weighted by Crippen LogP contribution is -2.39. The number of halogens is 1. The third kappa shape index (κ3) is 2.90. The van der Waals surface area contributed by atoms with Gasteiger partial charge in [0.2, 0.25) is 0 Å². The van der Waals surface area contributed by atoms with Gasteiger partial charge in [-0.15, -0.1) is 11.3 Å². The Bertz CT molecular complexity index is 638. The van der Waals surface area contributed by atoms with E-state index in [1.165, 1.54) is 23.5 Å². The first-order valence-electron chi connectivity index (χ1n) is 5.74. The van der Waals surface area contributed by atoms with E-state index < -0.39 is 17.9 Å². The lowest BCUT2D eigenvalue weighted by atomic mass is 10.2. The van der Waals surface area contributed by atoms with Gasteiger partial charge in [0, 0.05) is 4.70 Å². The van der Waals surface area contributed by atoms with Crippen LogP contribution in [0.2, 0.25) is 0 Å². The fourth-order valence-electron chi connectivity index (χ4n) is 1.69. The van der Waals surface area contributed by atoms with Crippen molar-refractivity contribution in [3.63, 3.8) is 0 Å². The van der Waals surface area contributed by atoms with Crippen LogP contribution < -0.4 is 5.32 Å². The molecule has 0 aliphatic heterocycles. The smallest absolute Gasteiger partial charge is 0.326 e. The highest BCUT2D eigenvalue weighted by Gasteiger charge is 2.19. The van der Waals surface area contributed by atoms with Gasteiger partial charge in [0.05, 0.1) is 4.88 Å². The Morgan fingerprint density at radius 2 is 2.16 bits per heavy atom. The number of carbonyl (C=O) groups is 2. The molecule has 1 aromatic carbocycles. The minimum Gasteiger partial charge on any atom is -0.480 e. The molecule has 0 bridgehead atoms. The van der Waals surface area contributed by atoms with Crippen LogP contribution in [0.25, 0.3) is 10.1 Å². The van der Waals surface area contributed by atoms with Gasteiger partial charge in [0.1, 0.15) is 11.9 Å². The predicted octanol–water partition coefficient (Wildman–Crippen LogP) is 2.63. The van der Waals surface area contributed by atoms with Crippen LogP contribution in [0, 0.1) is 5.82 Å². The van der Waals surface area contributed by atoms with Crippen LogP contribution in [0.4, 0.5) is 4.39 Å². The minimum atomic E-state index is -1.07. The van der Waals surface area contributed by atoms with Crippen molar-refractivity contribution < 1.29 is 19.1 Å². The Balaban J connectivity index is 2.24. The third-order valence-electron chi connectivity index (χ3n) is 2.71. The standard InChI is InChI=1S/C13H12FNO3S/c1-2-9(13(17)18)15-12(16)11-6-7-5-8(14)3-4-10(7)19-11/h3-6,9H,2H2,1H3,(H,15,16)(H,17,18). The molecule has 2 aromatic rings. The molecule has 2 rings (SSSR count). The van der Waals surface area contributed by atoms with Gasteiger partial charge in [0.15, 0.2) is 0 Å². The molecule has 1 unspecified atom stereocenters. The van der Waals surface area contributed by atoms with E-state index in [0.29, 0.717) is 16.7 Å². The molecule has 6 heteroatoms. The Morgan fingerprint density at radius 1 is 1.42 bits per heavy atom. The molecule has 0 saturated carbocycles. The monoisotopic (exact) mass is 281 g/mol. The molecule has 4 nitrogen and oxygen atoms in total. The number of fused-ring (bicyclic) bond motifs is 1. The Kier molecular flexibility index (Phi) is 3.80. The molecular weight excluding hydrogens is 269 g/mol. The van der Waals surface area contributed by atoms with Crippen LogP contribution in [-0.2, 0) is 4.79 Å². The highest BCUT2D eigenvalue weighted by atomic mass is 32.1. The quantitative estimate of drug-likeness (QED) is 0.905. The molecule has 0 aliphatic rings. The summed E-state index contributed by atoms with van der Waals surface area (Å²) >= 11 is 1.21. The predicted molar refractivity (Wildman–Crippen MR) is 71.0 cm³/mol. The SMILES string of the molecule is CCC(NC(=O)c1cc2cc(F)ccc2s1)C(=O)O. The molecule has 0 spiro atoms. The van der Waals surface area contributed by atoms with Crippen molar-refractivity contribution in [2.24, 2.45) is 0 Å². The highest BCUT2D eigenvalue weighted by Crippen LogP contribution is 2.26. The van der Waals surface area contributed by atoms with Crippen molar-refractivity contribution in [1.82, 2.24) is 5.32 Å². The van der Waals surface area contributed by atoms with Crippen molar-refractivity contribution in [3.8, 4) is 0 Å². The second-order valence-corrected chi connectivity index (χ2v) is 5.15. The molecule has 2 N–H and O–H groups in total. The molecule has 0 radical (unpaired) electrons. The average molecular weight is 281 g/mol. The number of nitrogens with one attached hydrogen (secondary N) is 1. The highest BCUT2D eigenvalue weighted by molar-refractivity contribution is 7.20. The summed E-state index contributed by atoms with van der Waals surface area (Å²) in [5.41, 5.74) is 0. The number of aliphatic carboxylic acids is 1. The fraction of sp³-hybridized carbons (Fsp3) is 0.231. The van der Waals surface area contributed by atoms with E-state index in [2.05, 4.69) is 5.32 Å². The summed E-state index contributed by atoms with van der Waals surface area (Å²) in [7, 11) is 0. The lowest BCUT2D eigenvalue weighted by Gasteiger charge is -2.10. The molecule has 1 aromatic heterocycles. The van der Waals surface area contributed by atoms with E-state index in [4.69, 9.17) is 5.11 Å². The van der Waals surface area contributed by atoms with E-state index in [9.17, 15) is 14.0 Å². The molecule has 1 amide bonds. The van der Waals surface area contributed by atoms with Crippen LogP contribution >= 0.6 is 11.3 Å². The number of carbonyl (C=O) groups excluding carboxylic acids is 1. The van der Waals surface area contributed by atoms with E-state index in [-0.39, 0.29) is 5.82 Å². The van der Waals surface area contributed by atoms with Gasteiger partial charge in [-0.05, 0) is 36.1 Å². The number of carboxylic acid groups (broad SMARTS) is 1. The summed E-state index contributed by atoms with van der Waals surface area (Å²) in [5.74, 6) is -1.88. The largest absolute Gasteiger partial charge is 0.480 e. The summed E-state index contributed by atoms with van der Waals surface area (Å²) in [6, 6.07) is 4.92. The summed E-state index contributed by atoms with van der Waals surface area (Å²) in [5, 5.41) is 12.0. The Labute approximate surface area is 112 Å². The number of carboxylic acids is 1. The number of thiophene rings is 1. The number of hydrogen-bond donors (Lipinski definition) is 2. The van der Waals surface area contributed by atoms with E-state index in [1.54, 1.807) is 19.1 Å². The van der Waals surface area contributed by atoms with Gasteiger partial charge in [-0.1, -0.05) is 6.92 Å². The molecule has 1 atom stereocenters. The zero-order valence-corrected chi connectivity index (χ0v) is 11.0. The van der Waals surface area contributed by atoms with Gasteiger partial charge in [-0.2, -0.15) is 0 Å². The van der Waals surface area contributed by atoms with Gasteiger partial charge < -0.3 is 10.4 Å². The topological polar surface area (TPSA) is 66.4 Å². The maximum Gasteiger partial charge on any atom is 0.326 e. The fourth-order valence-corrected chi connectivity index (χ4v) is 2.64. The summed E-state index contributed by atoms with van der Waals surface area (Å²) in [6.07, 6.45) is 0.306. The summed E-state index contributed by atoms with van der Waals surface area (Å²) in [4.78, 5) is 23.1. The first-order chi connectivity index (χ1) is 9.01. The van der Waals surface area contributed by atoms with Crippen LogP contribution in [0.5, 0.6) is 0 Å². The summed E-state index contributed by atoms with van der Waals surface area (Å²) in [6.45, 7) is 1.68. The van der Waals surface area contributed by atoms with Crippen LogP contribution in [0.1, 0.15) is 23.0 Å². The zero-order valence-electron chi connectivity index (χ0n) is 10.1. The zero-order chi connectivity index (χ0) is 14.0. The second kappa shape index (κ2) is 5.36. The molecule has 0 aliphatic carbocycles. The Hall–Kier alpha value is -1.95. The first kappa shape index (κ1) is 13.5. The van der Waals surface area contributed by atoms with Crippen molar-refractivity contribution in [3.05, 3.63) is 35.0 Å². The van der Waals surface area contributed by atoms with Crippen LogP contribution in [-0.4, -0.2) is 23.0 Å². The third-order valence-corrected chi connectivity index (χ3v) is 3.83. The van der Waals surface area contributed by atoms with Crippen molar-refractivity contribution in [2.75, 3.05) is 0 Å². The van der Waals surface area contributed by atoms with E-state index >= 15 is 0 Å². The van der Waals surface area contributed by atoms with Crippen molar-refractivity contribution in [1.29, 1.82) is 0 Å². The average Bonchev–Trinajstić information content (AvgIpc) is 2.78. The lowest BCUT2D eigenvalue weighted by molar-refractivity contribution is -0.139. The second-order valence-electron chi connectivity index (χ2n) is 4.07. The van der Waals surface area contributed by atoms with Crippen LogP contribution in [0.15, 0.2) is 24.3 Å². The van der Waals surface area contributed by atoms with Crippen molar-refractivity contribution >= 4 is 33.3 Å². The maximum absolute atomic E-state index is 13.0. The molecule has 0 saturated heterocycles. The first-order valence-corrected chi connectivity index (χ1v) is 6.55. The summed E-state index contributed by atoms with van der Waals surface area (Å²) < 4.78 is 13.8.